The van der Waals surface area contributed by atoms with Gasteiger partial charge in [-0.3, -0.25) is 24.0 Å². The lowest BCUT2D eigenvalue weighted by atomic mass is 9.60. The molecule has 0 spiro atoms. The smallest absolute Gasteiger partial charge is 0.333 e. The normalized spacial score (nSPS) is 27.4. The Labute approximate surface area is 333 Å². The molecule has 0 aromatic heterocycles. The highest BCUT2D eigenvalue weighted by Crippen LogP contribution is 2.59. The molecule has 0 aliphatic heterocycles. The summed E-state index contributed by atoms with van der Waals surface area (Å²) in [6.07, 6.45) is 5.44. The third kappa shape index (κ3) is 10.1. The van der Waals surface area contributed by atoms with E-state index in [1.165, 1.54) is 48.0 Å². The fourth-order valence-electron chi connectivity index (χ4n) is 8.83. The lowest BCUT2D eigenvalue weighted by molar-refractivity contribution is -0.194. The standard InChI is InChI=1S/C42H58O15/c1-22(2)35(46)52-18-26(43)19-54-40(51)42(8,24(5)37(48)57-33-17-25-16-32(33)29-15-11-14-28(25)29)41(6,7)39(50)55-21-27(20-53-36(47)23(3)4)56-38(49)31-13-10-9-12-30(31)34(44)45/h9-10,24-33,43H,1,3,11-21H2,2,4-8H3,(H,44,45). The molecule has 15 nitrogen and oxygen atoms in total. The van der Waals surface area contributed by atoms with E-state index in [0.29, 0.717) is 17.8 Å². The molecule has 0 radical (unpaired) electrons. The molecule has 4 aliphatic carbocycles. The van der Waals surface area contributed by atoms with E-state index in [4.69, 9.17) is 28.4 Å². The van der Waals surface area contributed by atoms with Crippen molar-refractivity contribution in [2.45, 2.75) is 105 Å². The van der Waals surface area contributed by atoms with Crippen molar-refractivity contribution >= 4 is 41.8 Å². The number of carbonyl (C=O) groups excluding carboxylic acids is 6. The highest BCUT2D eigenvalue weighted by molar-refractivity contribution is 5.92. The first-order chi connectivity index (χ1) is 26.7. The Morgan fingerprint density at radius 1 is 0.754 bits per heavy atom. The molecule has 0 amide bonds. The van der Waals surface area contributed by atoms with Gasteiger partial charge in [-0.15, -0.1) is 0 Å². The molecule has 11 atom stereocenters. The average molecular weight is 803 g/mol. The maximum atomic E-state index is 14.2. The lowest BCUT2D eigenvalue weighted by Crippen LogP contribution is -2.55. The third-order valence-corrected chi connectivity index (χ3v) is 12.7. The number of ether oxygens (including phenoxy) is 6. The van der Waals surface area contributed by atoms with Gasteiger partial charge in [0.25, 0.3) is 0 Å². The van der Waals surface area contributed by atoms with Crippen LogP contribution in [0.25, 0.3) is 0 Å². The van der Waals surface area contributed by atoms with E-state index >= 15 is 0 Å². The van der Waals surface area contributed by atoms with E-state index in [1.54, 1.807) is 12.2 Å². The van der Waals surface area contributed by atoms with Crippen LogP contribution < -0.4 is 0 Å². The minimum atomic E-state index is -2.00. The van der Waals surface area contributed by atoms with Gasteiger partial charge in [0.15, 0.2) is 6.10 Å². The summed E-state index contributed by atoms with van der Waals surface area (Å²) in [6, 6.07) is 0. The van der Waals surface area contributed by atoms with Gasteiger partial charge in [0, 0.05) is 11.1 Å². The van der Waals surface area contributed by atoms with Gasteiger partial charge in [-0.2, -0.15) is 0 Å². The van der Waals surface area contributed by atoms with Crippen molar-refractivity contribution in [2.75, 3.05) is 26.4 Å². The highest BCUT2D eigenvalue weighted by Gasteiger charge is 2.61. The van der Waals surface area contributed by atoms with Crippen molar-refractivity contribution in [1.29, 1.82) is 0 Å². The summed E-state index contributed by atoms with van der Waals surface area (Å²) < 4.78 is 33.0. The SMILES string of the molecule is C=C(C)C(=O)OCC(O)COC(=O)C(C)(C(C)C(=O)OC1CC2CC1C1CCCC21)C(C)(C)C(=O)OCC(COC(=O)C(=C)C)OC(=O)C1CC=CCC1C(=O)O. The molecule has 15 heteroatoms. The Hall–Kier alpha value is -4.53. The largest absolute Gasteiger partial charge is 0.481 e. The molecule has 57 heavy (non-hydrogen) atoms. The van der Waals surface area contributed by atoms with E-state index in [1.807, 2.05) is 0 Å². The van der Waals surface area contributed by atoms with Gasteiger partial charge in [0.05, 0.1) is 28.6 Å². The summed E-state index contributed by atoms with van der Waals surface area (Å²) in [5, 5.41) is 20.2. The van der Waals surface area contributed by atoms with Gasteiger partial charge in [0.1, 0.15) is 38.6 Å². The molecule has 3 fully saturated rings. The van der Waals surface area contributed by atoms with Crippen molar-refractivity contribution in [3.05, 3.63) is 36.5 Å². The maximum Gasteiger partial charge on any atom is 0.333 e. The van der Waals surface area contributed by atoms with Crippen LogP contribution in [0.4, 0.5) is 0 Å². The summed E-state index contributed by atoms with van der Waals surface area (Å²) in [5.74, 6) is -8.05. The molecule has 4 rings (SSSR count). The number of aliphatic hydroxyl groups is 1. The second-order valence-electron chi connectivity index (χ2n) is 16.8. The first kappa shape index (κ1) is 45.2. The summed E-state index contributed by atoms with van der Waals surface area (Å²) in [7, 11) is 0. The zero-order chi connectivity index (χ0) is 42.4. The van der Waals surface area contributed by atoms with E-state index < -0.39 is 109 Å². The molecule has 4 aliphatic rings. The quantitative estimate of drug-likeness (QED) is 0.0807. The zero-order valence-corrected chi connectivity index (χ0v) is 33.8. The number of rotatable bonds is 19. The molecule has 0 aromatic carbocycles. The Morgan fingerprint density at radius 3 is 1.91 bits per heavy atom. The number of fused-ring (bicyclic) bond motifs is 5. The summed E-state index contributed by atoms with van der Waals surface area (Å²) in [4.78, 5) is 91.5. The van der Waals surface area contributed by atoms with E-state index in [-0.39, 0.29) is 36.0 Å². The fourth-order valence-corrected chi connectivity index (χ4v) is 8.83. The Kier molecular flexibility index (Phi) is 14.9. The van der Waals surface area contributed by atoms with Gasteiger partial charge in [-0.1, -0.05) is 38.7 Å². The van der Waals surface area contributed by atoms with Crippen molar-refractivity contribution < 1.29 is 72.2 Å². The minimum absolute atomic E-state index is 0.0457. The number of hydrogen-bond acceptors (Lipinski definition) is 14. The topological polar surface area (TPSA) is 215 Å². The lowest BCUT2D eigenvalue weighted by Gasteiger charge is -2.43. The molecule has 0 heterocycles. The van der Waals surface area contributed by atoms with Gasteiger partial charge in [0.2, 0.25) is 0 Å². The minimum Gasteiger partial charge on any atom is -0.481 e. The van der Waals surface area contributed by atoms with Crippen molar-refractivity contribution in [1.82, 2.24) is 0 Å². The second-order valence-corrected chi connectivity index (χ2v) is 16.8. The van der Waals surface area contributed by atoms with Crippen LogP contribution in [0.5, 0.6) is 0 Å². The monoisotopic (exact) mass is 802 g/mol. The molecule has 3 saturated carbocycles. The molecule has 0 saturated heterocycles. The van der Waals surface area contributed by atoms with Crippen LogP contribution in [0.2, 0.25) is 0 Å². The first-order valence-corrected chi connectivity index (χ1v) is 19.7. The molecular weight excluding hydrogens is 744 g/mol. The molecular formula is C42H58O15. The van der Waals surface area contributed by atoms with Crippen LogP contribution >= 0.6 is 0 Å². The molecule has 11 unspecified atom stereocenters. The summed E-state index contributed by atoms with van der Waals surface area (Å²) >= 11 is 0. The van der Waals surface area contributed by atoms with E-state index in [9.17, 15) is 43.8 Å². The summed E-state index contributed by atoms with van der Waals surface area (Å²) in [5.41, 5.74) is -3.72. The van der Waals surface area contributed by atoms with Crippen LogP contribution in [0.3, 0.4) is 0 Å². The fraction of sp³-hybridized carbons (Fsp3) is 0.690. The van der Waals surface area contributed by atoms with Gasteiger partial charge < -0.3 is 38.6 Å². The van der Waals surface area contributed by atoms with E-state index in [0.717, 1.165) is 25.7 Å². The summed E-state index contributed by atoms with van der Waals surface area (Å²) in [6.45, 7) is 13.0. The van der Waals surface area contributed by atoms with Crippen molar-refractivity contribution in [3.63, 3.8) is 0 Å². The first-order valence-electron chi connectivity index (χ1n) is 19.7. The predicted octanol–water partition coefficient (Wildman–Crippen LogP) is 4.29. The van der Waals surface area contributed by atoms with Crippen LogP contribution in [0, 0.1) is 52.3 Å². The van der Waals surface area contributed by atoms with Gasteiger partial charge in [-0.25, -0.2) is 9.59 Å². The van der Waals surface area contributed by atoms with Crippen LogP contribution in [0.15, 0.2) is 36.5 Å². The second kappa shape index (κ2) is 18.8. The Morgan fingerprint density at radius 2 is 1.30 bits per heavy atom. The van der Waals surface area contributed by atoms with Gasteiger partial charge >= 0.3 is 41.8 Å². The number of aliphatic hydroxyl groups excluding tert-OH is 1. The van der Waals surface area contributed by atoms with E-state index in [2.05, 4.69) is 13.2 Å². The van der Waals surface area contributed by atoms with Crippen LogP contribution in [-0.4, -0.2) is 96.7 Å². The molecule has 2 bridgehead atoms. The number of carbonyl (C=O) groups is 7. The zero-order valence-electron chi connectivity index (χ0n) is 33.8. The van der Waals surface area contributed by atoms with Crippen molar-refractivity contribution in [3.8, 4) is 0 Å². The molecule has 316 valence electrons. The predicted molar refractivity (Wildman–Crippen MR) is 200 cm³/mol. The van der Waals surface area contributed by atoms with Crippen molar-refractivity contribution in [2.24, 2.45) is 52.3 Å². The Balaban J connectivity index is 1.54. The number of hydrogen-bond donors (Lipinski definition) is 2. The number of carboxylic acids is 1. The highest BCUT2D eigenvalue weighted by atomic mass is 16.6. The molecule has 0 aromatic rings. The third-order valence-electron chi connectivity index (χ3n) is 12.7. The number of allylic oxidation sites excluding steroid dienone is 2. The number of esters is 6. The Bertz CT molecular complexity index is 1630. The van der Waals surface area contributed by atoms with Gasteiger partial charge in [-0.05, 0) is 96.8 Å². The maximum absolute atomic E-state index is 14.2. The van der Waals surface area contributed by atoms with Crippen LogP contribution in [0.1, 0.15) is 86.5 Å². The number of aliphatic carboxylic acids is 1. The van der Waals surface area contributed by atoms with Crippen LogP contribution in [-0.2, 0) is 62.0 Å². The average Bonchev–Trinajstić information content (AvgIpc) is 3.91. The molecule has 2 N–H and O–H groups in total. The number of carboxylic acid groups (broad SMARTS) is 1.